The van der Waals surface area contributed by atoms with E-state index in [1.807, 2.05) is 0 Å². The fraction of sp³-hybridized carbons (Fsp3) is 0.857. The molecule has 0 aromatic heterocycles. The van der Waals surface area contributed by atoms with Gasteiger partial charge in [-0.1, -0.05) is 6.42 Å². The van der Waals surface area contributed by atoms with E-state index in [0.717, 1.165) is 38.7 Å². The molecule has 6 nitrogen and oxygen atoms in total. The van der Waals surface area contributed by atoms with Gasteiger partial charge in [0, 0.05) is 19.7 Å². The summed E-state index contributed by atoms with van der Waals surface area (Å²) in [5.41, 5.74) is 0. The molecule has 6 heteroatoms. The first kappa shape index (κ1) is 15.1. The van der Waals surface area contributed by atoms with Gasteiger partial charge in [0.2, 0.25) is 0 Å². The predicted octanol–water partition coefficient (Wildman–Crippen LogP) is 1.21. The molecule has 20 heavy (non-hydrogen) atoms. The number of hydrogen-bond donors (Lipinski definition) is 3. The molecule has 3 unspecified atom stereocenters. The van der Waals surface area contributed by atoms with E-state index in [9.17, 15) is 9.59 Å². The lowest BCUT2D eigenvalue weighted by molar-refractivity contribution is -0.142. The van der Waals surface area contributed by atoms with Crippen molar-refractivity contribution in [2.75, 3.05) is 26.3 Å². The third-order valence-corrected chi connectivity index (χ3v) is 4.31. The number of carboxylic acids is 1. The Kier molecular flexibility index (Phi) is 5.64. The monoisotopic (exact) mass is 284 g/mol. The summed E-state index contributed by atoms with van der Waals surface area (Å²) in [5.74, 6) is -0.583. The second kappa shape index (κ2) is 7.47. The molecule has 3 atom stereocenters. The standard InChI is InChI=1S/C14H24N2O4/c17-13(18)12-5-1-4-11(12)8-16-14(19)15-7-10-3-2-6-20-9-10/h10-12H,1-9H2,(H,17,18)(H2,15,16,19). The number of nitrogens with one attached hydrogen (secondary N) is 2. The summed E-state index contributed by atoms with van der Waals surface area (Å²) in [5, 5.41) is 14.7. The molecular weight excluding hydrogens is 260 g/mol. The van der Waals surface area contributed by atoms with Crippen LogP contribution in [0.1, 0.15) is 32.1 Å². The maximum Gasteiger partial charge on any atom is 0.314 e. The number of rotatable bonds is 5. The van der Waals surface area contributed by atoms with Crippen molar-refractivity contribution in [1.29, 1.82) is 0 Å². The molecule has 0 radical (unpaired) electrons. The Bertz CT molecular complexity index is 342. The molecule has 2 amide bonds. The zero-order valence-corrected chi connectivity index (χ0v) is 11.8. The highest BCUT2D eigenvalue weighted by molar-refractivity contribution is 5.74. The first-order chi connectivity index (χ1) is 9.66. The van der Waals surface area contributed by atoms with Crippen LogP contribution in [-0.4, -0.2) is 43.4 Å². The maximum absolute atomic E-state index is 11.7. The molecule has 2 fully saturated rings. The largest absolute Gasteiger partial charge is 0.481 e. The lowest BCUT2D eigenvalue weighted by Gasteiger charge is -2.22. The van der Waals surface area contributed by atoms with Crippen molar-refractivity contribution in [3.05, 3.63) is 0 Å². The molecule has 0 aromatic rings. The number of carbonyl (C=O) groups excluding carboxylic acids is 1. The summed E-state index contributed by atoms with van der Waals surface area (Å²) in [7, 11) is 0. The number of aliphatic carboxylic acids is 1. The highest BCUT2D eigenvalue weighted by Crippen LogP contribution is 2.31. The lowest BCUT2D eigenvalue weighted by atomic mass is 9.96. The number of carbonyl (C=O) groups is 2. The number of urea groups is 1. The van der Waals surface area contributed by atoms with Gasteiger partial charge in [0.05, 0.1) is 12.5 Å². The van der Waals surface area contributed by atoms with Gasteiger partial charge in [-0.15, -0.1) is 0 Å². The molecule has 0 aromatic carbocycles. The summed E-state index contributed by atoms with van der Waals surface area (Å²) in [6.07, 6.45) is 4.68. The first-order valence-electron chi connectivity index (χ1n) is 7.49. The van der Waals surface area contributed by atoms with Crippen LogP contribution in [0.4, 0.5) is 4.79 Å². The van der Waals surface area contributed by atoms with Crippen molar-refractivity contribution in [2.24, 2.45) is 17.8 Å². The van der Waals surface area contributed by atoms with Gasteiger partial charge in [-0.05, 0) is 37.5 Å². The molecular formula is C14H24N2O4. The van der Waals surface area contributed by atoms with E-state index in [2.05, 4.69) is 10.6 Å². The van der Waals surface area contributed by atoms with Crippen LogP contribution in [0.3, 0.4) is 0 Å². The second-order valence-electron chi connectivity index (χ2n) is 5.81. The number of hydrogen-bond acceptors (Lipinski definition) is 3. The van der Waals surface area contributed by atoms with Crippen LogP contribution in [-0.2, 0) is 9.53 Å². The van der Waals surface area contributed by atoms with Crippen LogP contribution in [0.15, 0.2) is 0 Å². The first-order valence-corrected chi connectivity index (χ1v) is 7.49. The summed E-state index contributed by atoms with van der Waals surface area (Å²) in [6, 6.07) is -0.202. The summed E-state index contributed by atoms with van der Waals surface area (Å²) in [6.45, 7) is 2.60. The lowest BCUT2D eigenvalue weighted by Crippen LogP contribution is -2.42. The Morgan fingerprint density at radius 1 is 1.10 bits per heavy atom. The smallest absolute Gasteiger partial charge is 0.314 e. The van der Waals surface area contributed by atoms with Gasteiger partial charge < -0.3 is 20.5 Å². The fourth-order valence-corrected chi connectivity index (χ4v) is 3.10. The summed E-state index contributed by atoms with van der Waals surface area (Å²) < 4.78 is 5.36. The highest BCUT2D eigenvalue weighted by atomic mass is 16.5. The molecule has 1 saturated heterocycles. The van der Waals surface area contributed by atoms with E-state index < -0.39 is 5.97 Å². The quantitative estimate of drug-likeness (QED) is 0.708. The van der Waals surface area contributed by atoms with Gasteiger partial charge in [-0.3, -0.25) is 4.79 Å². The van der Waals surface area contributed by atoms with Crippen molar-refractivity contribution >= 4 is 12.0 Å². The number of amides is 2. The van der Waals surface area contributed by atoms with Crippen LogP contribution in [0.25, 0.3) is 0 Å². The molecule has 0 bridgehead atoms. The SMILES string of the molecule is O=C(NCC1CCCOC1)NCC1CCCC1C(=O)O. The molecule has 3 N–H and O–H groups in total. The van der Waals surface area contributed by atoms with Crippen molar-refractivity contribution in [2.45, 2.75) is 32.1 Å². The van der Waals surface area contributed by atoms with Gasteiger partial charge in [-0.25, -0.2) is 4.79 Å². The summed E-state index contributed by atoms with van der Waals surface area (Å²) >= 11 is 0. The van der Waals surface area contributed by atoms with E-state index in [1.165, 1.54) is 0 Å². The van der Waals surface area contributed by atoms with Gasteiger partial charge in [-0.2, -0.15) is 0 Å². The second-order valence-corrected chi connectivity index (χ2v) is 5.81. The average molecular weight is 284 g/mol. The maximum atomic E-state index is 11.7. The van der Waals surface area contributed by atoms with Gasteiger partial charge in [0.15, 0.2) is 0 Å². The van der Waals surface area contributed by atoms with E-state index in [1.54, 1.807) is 0 Å². The molecule has 0 spiro atoms. The Morgan fingerprint density at radius 3 is 2.60 bits per heavy atom. The number of carboxylic acid groups (broad SMARTS) is 1. The summed E-state index contributed by atoms with van der Waals surface area (Å²) in [4.78, 5) is 22.8. The minimum Gasteiger partial charge on any atom is -0.481 e. The zero-order valence-electron chi connectivity index (χ0n) is 11.8. The van der Waals surface area contributed by atoms with Crippen LogP contribution in [0, 0.1) is 17.8 Å². The molecule has 114 valence electrons. The van der Waals surface area contributed by atoms with Crippen LogP contribution < -0.4 is 10.6 Å². The molecule has 2 rings (SSSR count). The van der Waals surface area contributed by atoms with Crippen LogP contribution in [0.2, 0.25) is 0 Å². The van der Waals surface area contributed by atoms with Gasteiger partial charge in [0.1, 0.15) is 0 Å². The zero-order chi connectivity index (χ0) is 14.4. The van der Waals surface area contributed by atoms with E-state index >= 15 is 0 Å². The fourth-order valence-electron chi connectivity index (χ4n) is 3.10. The molecule has 1 saturated carbocycles. The Hall–Kier alpha value is -1.30. The molecule has 1 aliphatic carbocycles. The van der Waals surface area contributed by atoms with E-state index in [4.69, 9.17) is 9.84 Å². The minimum atomic E-state index is -0.742. The molecule has 2 aliphatic rings. The molecule has 1 aliphatic heterocycles. The van der Waals surface area contributed by atoms with Crippen molar-refractivity contribution in [3.63, 3.8) is 0 Å². The van der Waals surface area contributed by atoms with E-state index in [-0.39, 0.29) is 17.9 Å². The van der Waals surface area contributed by atoms with Crippen LogP contribution >= 0.6 is 0 Å². The highest BCUT2D eigenvalue weighted by Gasteiger charge is 2.32. The Labute approximate surface area is 119 Å². The Balaban J connectivity index is 1.63. The average Bonchev–Trinajstić information content (AvgIpc) is 2.92. The minimum absolute atomic E-state index is 0.0660. The third-order valence-electron chi connectivity index (χ3n) is 4.31. The van der Waals surface area contributed by atoms with Crippen molar-refractivity contribution in [1.82, 2.24) is 10.6 Å². The topological polar surface area (TPSA) is 87.7 Å². The van der Waals surface area contributed by atoms with Crippen molar-refractivity contribution < 1.29 is 19.4 Å². The van der Waals surface area contributed by atoms with Gasteiger partial charge >= 0.3 is 12.0 Å². The van der Waals surface area contributed by atoms with Gasteiger partial charge in [0.25, 0.3) is 0 Å². The predicted molar refractivity (Wildman–Crippen MR) is 73.4 cm³/mol. The number of ether oxygens (including phenoxy) is 1. The Morgan fingerprint density at radius 2 is 1.90 bits per heavy atom. The van der Waals surface area contributed by atoms with Crippen molar-refractivity contribution in [3.8, 4) is 0 Å². The van der Waals surface area contributed by atoms with E-state index in [0.29, 0.717) is 25.6 Å². The third kappa shape index (κ3) is 4.37. The molecule has 1 heterocycles. The normalized spacial score (nSPS) is 29.9. The van der Waals surface area contributed by atoms with Crippen LogP contribution in [0.5, 0.6) is 0 Å².